The van der Waals surface area contributed by atoms with Crippen LogP contribution < -0.4 is 20.5 Å². The summed E-state index contributed by atoms with van der Waals surface area (Å²) in [5.41, 5.74) is 14.2. The topological polar surface area (TPSA) is 148 Å². The molecular formula is C57H79ClN6O5S2. The average Bonchev–Trinajstić information content (AvgIpc) is 4.21. The van der Waals surface area contributed by atoms with Crippen molar-refractivity contribution in [3.63, 3.8) is 0 Å². The number of allylic oxidation sites excluding steroid dienone is 1. The van der Waals surface area contributed by atoms with Crippen molar-refractivity contribution in [1.82, 2.24) is 19.9 Å². The first-order valence-electron chi connectivity index (χ1n) is 23.5. The van der Waals surface area contributed by atoms with Gasteiger partial charge in [-0.05, 0) is 200 Å². The van der Waals surface area contributed by atoms with Gasteiger partial charge in [-0.2, -0.15) is 0 Å². The van der Waals surface area contributed by atoms with Crippen LogP contribution in [0, 0.1) is 0 Å². The van der Waals surface area contributed by atoms with Crippen molar-refractivity contribution in [1.29, 1.82) is 0 Å². The normalized spacial score (nSPS) is 11.0. The quantitative estimate of drug-likeness (QED) is 0.0252. The Morgan fingerprint density at radius 2 is 1.27 bits per heavy atom. The second kappa shape index (κ2) is 36.3. The molecule has 5 N–H and O–H groups in total. The van der Waals surface area contributed by atoms with Crippen molar-refractivity contribution < 1.29 is 23.8 Å². The minimum absolute atomic E-state index is 0. The Kier molecular flexibility index (Phi) is 32.3. The third-order valence-electron chi connectivity index (χ3n) is 11.3. The second-order valence-electron chi connectivity index (χ2n) is 15.9. The molecule has 7 rings (SSSR count). The van der Waals surface area contributed by atoms with Crippen LogP contribution in [-0.2, 0) is 40.0 Å². The third-order valence-corrected chi connectivity index (χ3v) is 12.3. The molecule has 386 valence electrons. The summed E-state index contributed by atoms with van der Waals surface area (Å²) >= 11 is 15.9. The van der Waals surface area contributed by atoms with Crippen LogP contribution in [0.25, 0.3) is 21.9 Å². The van der Waals surface area contributed by atoms with Crippen LogP contribution in [0.5, 0.6) is 11.5 Å². The number of carbonyl (C=O) groups is 2. The number of rotatable bonds is 20. The lowest BCUT2D eigenvalue weighted by atomic mass is 10.0. The summed E-state index contributed by atoms with van der Waals surface area (Å²) in [6.45, 7) is 18.7. The van der Waals surface area contributed by atoms with Crippen LogP contribution in [0.15, 0.2) is 117 Å². The number of aryl methyl sites for hydroxylation is 4. The van der Waals surface area contributed by atoms with Gasteiger partial charge in [0.05, 0.1) is 14.2 Å². The average molecular weight is 1030 g/mol. The number of pyridine rings is 1. The molecular weight excluding hydrogens is 948 g/mol. The number of fused-ring (bicyclic) bond motifs is 2. The van der Waals surface area contributed by atoms with E-state index in [9.17, 15) is 9.59 Å². The number of ether oxygens (including phenoxy) is 3. The van der Waals surface area contributed by atoms with Gasteiger partial charge in [-0.1, -0.05) is 85.4 Å². The van der Waals surface area contributed by atoms with Crippen LogP contribution in [0.2, 0.25) is 0 Å². The van der Waals surface area contributed by atoms with Gasteiger partial charge in [-0.15, -0.1) is 0 Å². The summed E-state index contributed by atoms with van der Waals surface area (Å²) < 4.78 is 15.8. The molecule has 1 saturated heterocycles. The molecule has 0 saturated carbocycles. The zero-order valence-corrected chi connectivity index (χ0v) is 43.4. The van der Waals surface area contributed by atoms with Gasteiger partial charge in [0.25, 0.3) is 0 Å². The highest BCUT2D eigenvalue weighted by Gasteiger charge is 2.11. The van der Waals surface area contributed by atoms with E-state index in [-0.39, 0.29) is 20.8 Å². The highest BCUT2D eigenvalue weighted by atomic mass is 35.5. The SMILES string of the molecule is C.C.C1CCOC1.C=CC(=O)Cl.C=CC(=O)Nc1ccc(OC)c(CCC(=S)CCc2cccc3[nH]ccc23)c1.CCN(CC)CC.COc1ccc(N)cc1CCC(=S)CCc1ccnc2[nH]ccc12. The number of thiocarbonyl (C=S) groups is 2. The van der Waals surface area contributed by atoms with E-state index < -0.39 is 5.24 Å². The maximum Gasteiger partial charge on any atom is 0.247 e. The van der Waals surface area contributed by atoms with Crippen molar-refractivity contribution in [2.75, 3.05) is 58.1 Å². The number of nitrogens with zero attached hydrogens (tertiary/aromatic N) is 2. The van der Waals surface area contributed by atoms with Crippen molar-refractivity contribution in [3.8, 4) is 11.5 Å². The first kappa shape index (κ1) is 63.3. The molecule has 1 aliphatic rings. The molecule has 71 heavy (non-hydrogen) atoms. The van der Waals surface area contributed by atoms with Crippen LogP contribution in [0.4, 0.5) is 11.4 Å². The largest absolute Gasteiger partial charge is 0.496 e. The fourth-order valence-electron chi connectivity index (χ4n) is 7.37. The maximum atomic E-state index is 11.5. The van der Waals surface area contributed by atoms with Crippen LogP contribution in [0.3, 0.4) is 0 Å². The summed E-state index contributed by atoms with van der Waals surface area (Å²) in [5, 5.41) is 4.71. The zero-order valence-electron chi connectivity index (χ0n) is 41.0. The monoisotopic (exact) mass is 1030 g/mol. The van der Waals surface area contributed by atoms with Crippen molar-refractivity contribution in [2.24, 2.45) is 0 Å². The Morgan fingerprint density at radius 1 is 0.746 bits per heavy atom. The summed E-state index contributed by atoms with van der Waals surface area (Å²) in [4.78, 5) is 36.2. The lowest BCUT2D eigenvalue weighted by Crippen LogP contribution is -2.21. The summed E-state index contributed by atoms with van der Waals surface area (Å²) in [6, 6.07) is 23.9. The highest BCUT2D eigenvalue weighted by molar-refractivity contribution is 7.80. The molecule has 0 radical (unpaired) electrons. The van der Waals surface area contributed by atoms with E-state index in [1.807, 2.05) is 55.0 Å². The van der Waals surface area contributed by atoms with Gasteiger partial charge in [-0.3, -0.25) is 9.59 Å². The molecule has 0 aliphatic carbocycles. The van der Waals surface area contributed by atoms with E-state index in [1.165, 1.54) is 60.5 Å². The first-order chi connectivity index (χ1) is 33.4. The van der Waals surface area contributed by atoms with Crippen LogP contribution in [-0.4, -0.2) is 87.8 Å². The highest BCUT2D eigenvalue weighted by Crippen LogP contribution is 2.26. The molecule has 11 nitrogen and oxygen atoms in total. The Balaban J connectivity index is 0.000000526. The number of hydrogen-bond donors (Lipinski definition) is 4. The molecule has 1 aliphatic heterocycles. The predicted octanol–water partition coefficient (Wildman–Crippen LogP) is 13.7. The summed E-state index contributed by atoms with van der Waals surface area (Å²) in [5.74, 6) is 1.44. The number of hydrogen-bond acceptors (Lipinski definition) is 10. The Morgan fingerprint density at radius 3 is 1.77 bits per heavy atom. The lowest BCUT2D eigenvalue weighted by Gasteiger charge is -2.13. The van der Waals surface area contributed by atoms with E-state index >= 15 is 0 Å². The number of aromatic nitrogens is 3. The number of nitrogens with one attached hydrogen (secondary N) is 3. The molecule has 0 atom stereocenters. The minimum Gasteiger partial charge on any atom is -0.496 e. The van der Waals surface area contributed by atoms with Gasteiger partial charge in [0.2, 0.25) is 11.1 Å². The zero-order chi connectivity index (χ0) is 50.4. The Bertz CT molecular complexity index is 2520. The van der Waals surface area contributed by atoms with E-state index in [0.29, 0.717) is 0 Å². The fourth-order valence-corrected chi connectivity index (χ4v) is 7.78. The predicted molar refractivity (Wildman–Crippen MR) is 310 cm³/mol. The molecule has 1 amide bonds. The summed E-state index contributed by atoms with van der Waals surface area (Å²) in [7, 11) is 3.33. The molecule has 14 heteroatoms. The van der Waals surface area contributed by atoms with Crippen molar-refractivity contribution >= 4 is 90.2 Å². The van der Waals surface area contributed by atoms with Gasteiger partial charge >= 0.3 is 0 Å². The van der Waals surface area contributed by atoms with Gasteiger partial charge in [0, 0.05) is 59.5 Å². The molecule has 0 bridgehead atoms. The molecule has 4 heterocycles. The van der Waals surface area contributed by atoms with Gasteiger partial charge in [-0.25, -0.2) is 4.98 Å². The molecule has 1 fully saturated rings. The summed E-state index contributed by atoms with van der Waals surface area (Å²) in [6.07, 6.45) is 17.5. The number of H-pyrrole nitrogens is 2. The Labute approximate surface area is 440 Å². The number of carbonyl (C=O) groups excluding carboxylic acids is 2. The van der Waals surface area contributed by atoms with Gasteiger partial charge in [0.15, 0.2) is 0 Å². The van der Waals surface area contributed by atoms with Crippen molar-refractivity contribution in [3.05, 3.63) is 139 Å². The first-order valence-corrected chi connectivity index (χ1v) is 24.7. The fraction of sp³-hybridized carbons (Fsp3) is 0.386. The second-order valence-corrected chi connectivity index (χ2v) is 17.4. The smallest absolute Gasteiger partial charge is 0.247 e. The molecule has 0 spiro atoms. The lowest BCUT2D eigenvalue weighted by molar-refractivity contribution is -0.112. The van der Waals surface area contributed by atoms with Crippen molar-refractivity contribution in [2.45, 2.75) is 99.8 Å². The number of nitrogens with two attached hydrogens (primary N) is 1. The molecule has 3 aromatic heterocycles. The Hall–Kier alpha value is -5.70. The van der Waals surface area contributed by atoms with Crippen LogP contribution >= 0.6 is 36.0 Å². The van der Waals surface area contributed by atoms with E-state index in [0.717, 1.165) is 126 Å². The number of benzene rings is 3. The van der Waals surface area contributed by atoms with E-state index in [1.54, 1.807) is 14.2 Å². The maximum absolute atomic E-state index is 11.5. The third kappa shape index (κ3) is 23.4. The standard InChI is InChI=1S/C23H24N2O2S.C19H21N3OS.C6H15N.C4H8O.C3H3ClO.2CH4/c1-3-23(26)25-18-9-12-22(27-2)17(15-18)8-11-19(28)10-7-16-5-4-6-21-20(16)13-14-24-21;1-23-18-7-4-15(20)12-14(18)3-6-16(24)5-2-13-8-10-21-19-17(13)9-11-22-19;1-4-7(5-2)6-3;1-2-4-5-3-1;1-2-3(4)5;;/h3-6,9,12-15,24H,1,7-8,10-11H2,2H3,(H,25,26);4,7-12H,2-3,5-6,20H2,1H3,(H,21,22);4-6H2,1-3H3;1-4H2;2H,1H2;2*1H4. The number of aromatic amines is 2. The number of halogens is 1. The number of nitrogen functional groups attached to an aromatic ring is 1. The molecule has 3 aromatic carbocycles. The van der Waals surface area contributed by atoms with E-state index in [4.69, 9.17) is 56.0 Å². The van der Waals surface area contributed by atoms with Crippen LogP contribution in [0.1, 0.15) is 96.4 Å². The number of anilines is 2. The minimum atomic E-state index is -0.509. The molecule has 0 unspecified atom stereocenters. The van der Waals surface area contributed by atoms with Gasteiger partial charge in [0.1, 0.15) is 17.1 Å². The number of methoxy groups -OCH3 is 2. The van der Waals surface area contributed by atoms with Gasteiger partial charge < -0.3 is 40.1 Å². The molecule has 6 aromatic rings. The van der Waals surface area contributed by atoms with E-state index in [2.05, 4.69) is 95.5 Å². The number of amides is 1.